The van der Waals surface area contributed by atoms with Crippen LogP contribution < -0.4 is 14.8 Å². The average Bonchev–Trinajstić information content (AvgIpc) is 2.81. The molecule has 2 aromatic rings. The van der Waals surface area contributed by atoms with E-state index in [1.807, 2.05) is 44.0 Å². The minimum Gasteiger partial charge on any atom is -0.493 e. The molecule has 7 heteroatoms. The van der Waals surface area contributed by atoms with E-state index in [2.05, 4.69) is 16.4 Å². The first kappa shape index (κ1) is 23.6. The summed E-state index contributed by atoms with van der Waals surface area (Å²) in [5.41, 5.74) is 1.40. The Kier molecular flexibility index (Phi) is 6.98. The van der Waals surface area contributed by atoms with E-state index >= 15 is 0 Å². The predicted molar refractivity (Wildman–Crippen MR) is 129 cm³/mol. The summed E-state index contributed by atoms with van der Waals surface area (Å²) in [6, 6.07) is 5.91. The molecule has 1 aromatic heterocycles. The molecule has 33 heavy (non-hydrogen) atoms. The topological polar surface area (TPSA) is 72.9 Å². The Bertz CT molecular complexity index is 981. The second-order valence-corrected chi connectivity index (χ2v) is 10.1. The first-order valence-electron chi connectivity index (χ1n) is 12.0. The number of nitrogens with zero attached hydrogens (tertiary/aromatic N) is 2. The number of hydrogen-bond acceptors (Lipinski definition) is 6. The Balaban J connectivity index is 1.83. The van der Waals surface area contributed by atoms with E-state index in [9.17, 15) is 4.79 Å². The number of carbonyl (C=O) groups is 1. The quantitative estimate of drug-likeness (QED) is 0.704. The molecule has 0 saturated carbocycles. The van der Waals surface area contributed by atoms with Gasteiger partial charge in [0.15, 0.2) is 11.5 Å². The molecule has 7 nitrogen and oxygen atoms in total. The minimum absolute atomic E-state index is 0.0692. The van der Waals surface area contributed by atoms with Gasteiger partial charge in [0.1, 0.15) is 5.60 Å². The minimum atomic E-state index is -0.541. The van der Waals surface area contributed by atoms with Gasteiger partial charge in [-0.2, -0.15) is 0 Å². The van der Waals surface area contributed by atoms with E-state index in [0.717, 1.165) is 55.2 Å². The summed E-state index contributed by atoms with van der Waals surface area (Å²) >= 11 is 0. The summed E-state index contributed by atoms with van der Waals surface area (Å²) in [6.45, 7) is 8.52. The van der Waals surface area contributed by atoms with Crippen LogP contribution in [0.1, 0.15) is 58.1 Å². The number of methoxy groups -OCH3 is 2. The Hall–Kier alpha value is -2.54. The van der Waals surface area contributed by atoms with Gasteiger partial charge in [0.2, 0.25) is 0 Å². The van der Waals surface area contributed by atoms with Crippen LogP contribution in [0.25, 0.3) is 10.9 Å². The summed E-state index contributed by atoms with van der Waals surface area (Å²) in [7, 11) is 3.28. The summed E-state index contributed by atoms with van der Waals surface area (Å²) in [5.74, 6) is 2.24. The molecule has 1 N–H and O–H groups in total. The van der Waals surface area contributed by atoms with Gasteiger partial charge in [-0.25, -0.2) is 4.79 Å². The van der Waals surface area contributed by atoms with Crippen molar-refractivity contribution in [1.29, 1.82) is 0 Å². The van der Waals surface area contributed by atoms with Gasteiger partial charge in [-0.3, -0.25) is 4.98 Å². The molecule has 0 radical (unpaired) electrons. The molecule has 180 valence electrons. The number of fused-ring (bicyclic) bond motifs is 1. The molecular formula is C26H37N3O4. The summed E-state index contributed by atoms with van der Waals surface area (Å²) < 4.78 is 17.0. The monoisotopic (exact) mass is 455 g/mol. The van der Waals surface area contributed by atoms with Crippen LogP contribution in [0, 0.1) is 11.8 Å². The van der Waals surface area contributed by atoms with Gasteiger partial charge >= 0.3 is 6.09 Å². The molecule has 2 aliphatic rings. The summed E-state index contributed by atoms with van der Waals surface area (Å²) in [5, 5.41) is 4.48. The molecule has 0 bridgehead atoms. The van der Waals surface area contributed by atoms with E-state index in [1.54, 1.807) is 14.2 Å². The number of benzene rings is 1. The van der Waals surface area contributed by atoms with Crippen molar-refractivity contribution < 1.29 is 19.0 Å². The lowest BCUT2D eigenvalue weighted by Crippen LogP contribution is -2.48. The van der Waals surface area contributed by atoms with E-state index < -0.39 is 5.60 Å². The second kappa shape index (κ2) is 9.75. The van der Waals surface area contributed by atoms with E-state index in [1.165, 1.54) is 0 Å². The van der Waals surface area contributed by atoms with Gasteiger partial charge in [0.25, 0.3) is 0 Å². The lowest BCUT2D eigenvalue weighted by molar-refractivity contribution is -0.00996. The number of piperidine rings is 2. The highest BCUT2D eigenvalue weighted by Crippen LogP contribution is 2.46. The third-order valence-electron chi connectivity index (χ3n) is 6.89. The summed E-state index contributed by atoms with van der Waals surface area (Å²) in [6.07, 6.45) is 5.95. The molecule has 0 aliphatic carbocycles. The van der Waals surface area contributed by atoms with Crippen molar-refractivity contribution in [2.75, 3.05) is 33.9 Å². The Morgan fingerprint density at radius 1 is 1.09 bits per heavy atom. The number of ether oxygens (including phenoxy) is 3. The van der Waals surface area contributed by atoms with Gasteiger partial charge in [-0.05, 0) is 89.1 Å². The molecule has 3 heterocycles. The zero-order valence-electron chi connectivity index (χ0n) is 20.5. The SMILES string of the molecule is COc1cc2nccc([C@H]3C(C4CCNCC4)CCCN3C(=O)OC(C)(C)C)c2cc1OC. The number of rotatable bonds is 4. The van der Waals surface area contributed by atoms with Crippen LogP contribution in [0.5, 0.6) is 11.5 Å². The van der Waals surface area contributed by atoms with Crippen LogP contribution in [0.3, 0.4) is 0 Å². The maximum absolute atomic E-state index is 13.4. The molecule has 1 aromatic carbocycles. The normalized spacial score (nSPS) is 22.3. The standard InChI is InChI=1S/C26H37N3O4/c1-26(2,3)33-25(30)29-14-6-7-18(17-8-11-27-12-9-17)24(29)19-10-13-28-21-16-23(32-5)22(31-4)15-20(19)21/h10,13,15-18,24,27H,6-9,11-12,14H2,1-5H3/t18?,24-/m1/s1. The fourth-order valence-corrected chi connectivity index (χ4v) is 5.47. The number of amides is 1. The van der Waals surface area contributed by atoms with Crippen molar-refractivity contribution in [1.82, 2.24) is 15.2 Å². The second-order valence-electron chi connectivity index (χ2n) is 10.1. The van der Waals surface area contributed by atoms with Crippen molar-refractivity contribution in [2.24, 2.45) is 11.8 Å². The number of aromatic nitrogens is 1. The highest BCUT2D eigenvalue weighted by Gasteiger charge is 2.42. The molecule has 2 atom stereocenters. The zero-order chi connectivity index (χ0) is 23.6. The van der Waals surface area contributed by atoms with Crippen LogP contribution in [0.2, 0.25) is 0 Å². The van der Waals surface area contributed by atoms with Crippen molar-refractivity contribution >= 4 is 17.0 Å². The lowest BCUT2D eigenvalue weighted by atomic mass is 9.73. The number of carbonyl (C=O) groups excluding carboxylic acids is 1. The van der Waals surface area contributed by atoms with Crippen LogP contribution in [-0.4, -0.2) is 55.4 Å². The van der Waals surface area contributed by atoms with Crippen molar-refractivity contribution in [2.45, 2.75) is 58.1 Å². The van der Waals surface area contributed by atoms with Crippen LogP contribution in [0.15, 0.2) is 24.4 Å². The van der Waals surface area contributed by atoms with Crippen molar-refractivity contribution in [3.8, 4) is 11.5 Å². The van der Waals surface area contributed by atoms with Crippen LogP contribution >= 0.6 is 0 Å². The number of hydrogen-bond donors (Lipinski definition) is 1. The van der Waals surface area contributed by atoms with Crippen molar-refractivity contribution in [3.05, 3.63) is 30.0 Å². The number of nitrogens with one attached hydrogen (secondary N) is 1. The molecule has 2 saturated heterocycles. The van der Waals surface area contributed by atoms with Gasteiger partial charge < -0.3 is 24.4 Å². The maximum Gasteiger partial charge on any atom is 0.410 e. The number of likely N-dealkylation sites (tertiary alicyclic amines) is 1. The average molecular weight is 456 g/mol. The number of pyridine rings is 1. The third-order valence-corrected chi connectivity index (χ3v) is 6.89. The lowest BCUT2D eigenvalue weighted by Gasteiger charge is -2.46. The molecule has 2 aliphatic heterocycles. The highest BCUT2D eigenvalue weighted by molar-refractivity contribution is 5.86. The first-order valence-corrected chi connectivity index (χ1v) is 12.0. The fourth-order valence-electron chi connectivity index (χ4n) is 5.47. The van der Waals surface area contributed by atoms with Gasteiger partial charge in [-0.15, -0.1) is 0 Å². The highest BCUT2D eigenvalue weighted by atomic mass is 16.6. The summed E-state index contributed by atoms with van der Waals surface area (Å²) in [4.78, 5) is 20.0. The molecule has 4 rings (SSSR count). The molecule has 1 unspecified atom stereocenters. The largest absolute Gasteiger partial charge is 0.493 e. The maximum atomic E-state index is 13.4. The van der Waals surface area contributed by atoms with Crippen molar-refractivity contribution in [3.63, 3.8) is 0 Å². The smallest absolute Gasteiger partial charge is 0.410 e. The molecule has 0 spiro atoms. The Labute approximate surface area is 196 Å². The van der Waals surface area contributed by atoms with E-state index in [-0.39, 0.29) is 12.1 Å². The van der Waals surface area contributed by atoms with Gasteiger partial charge in [0.05, 0.1) is 25.8 Å². The van der Waals surface area contributed by atoms with Gasteiger partial charge in [-0.1, -0.05) is 0 Å². The van der Waals surface area contributed by atoms with Crippen LogP contribution in [0.4, 0.5) is 4.79 Å². The Morgan fingerprint density at radius 3 is 2.45 bits per heavy atom. The Morgan fingerprint density at radius 2 is 1.79 bits per heavy atom. The van der Waals surface area contributed by atoms with Gasteiger partial charge in [0, 0.05) is 24.2 Å². The predicted octanol–water partition coefficient (Wildman–Crippen LogP) is 4.94. The van der Waals surface area contributed by atoms with E-state index in [4.69, 9.17) is 14.2 Å². The van der Waals surface area contributed by atoms with E-state index in [0.29, 0.717) is 29.9 Å². The molecule has 2 fully saturated rings. The van der Waals surface area contributed by atoms with Crippen LogP contribution in [-0.2, 0) is 4.74 Å². The molecular weight excluding hydrogens is 418 g/mol. The fraction of sp³-hybridized carbons (Fsp3) is 0.615. The molecule has 1 amide bonds. The first-order chi connectivity index (χ1) is 15.8. The zero-order valence-corrected chi connectivity index (χ0v) is 20.5. The third kappa shape index (κ3) is 5.03.